The minimum atomic E-state index is -0.00992. The van der Waals surface area contributed by atoms with Crippen LogP contribution in [0.4, 0.5) is 0 Å². The van der Waals surface area contributed by atoms with Crippen molar-refractivity contribution in [2.45, 2.75) is 58.4 Å². The molecular formula is C13H26N2O. The van der Waals surface area contributed by atoms with Crippen molar-refractivity contribution in [3.63, 3.8) is 0 Å². The highest BCUT2D eigenvalue weighted by molar-refractivity contribution is 5.77. The summed E-state index contributed by atoms with van der Waals surface area (Å²) in [5.41, 5.74) is -0.00992. The Labute approximate surface area is 99.4 Å². The zero-order chi connectivity index (χ0) is 12.0. The van der Waals surface area contributed by atoms with Crippen molar-refractivity contribution in [1.29, 1.82) is 0 Å². The highest BCUT2D eigenvalue weighted by Gasteiger charge is 2.24. The molecule has 1 rings (SSSR count). The minimum absolute atomic E-state index is 0.00992. The Bertz CT molecular complexity index is 218. The summed E-state index contributed by atoms with van der Waals surface area (Å²) in [7, 11) is 0. The zero-order valence-corrected chi connectivity index (χ0v) is 10.9. The van der Waals surface area contributed by atoms with Crippen LogP contribution in [0.3, 0.4) is 0 Å². The van der Waals surface area contributed by atoms with Crippen molar-refractivity contribution in [2.24, 2.45) is 5.92 Å². The number of rotatable bonds is 5. The van der Waals surface area contributed by atoms with Gasteiger partial charge in [0.25, 0.3) is 0 Å². The smallest absolute Gasteiger partial charge is 0.220 e. The second-order valence-corrected chi connectivity index (χ2v) is 5.21. The van der Waals surface area contributed by atoms with Crippen LogP contribution in [0.2, 0.25) is 0 Å². The van der Waals surface area contributed by atoms with E-state index in [4.69, 9.17) is 0 Å². The molecule has 1 saturated heterocycles. The summed E-state index contributed by atoms with van der Waals surface area (Å²) in [6.07, 6.45) is 4.99. The van der Waals surface area contributed by atoms with Crippen molar-refractivity contribution < 1.29 is 4.79 Å². The van der Waals surface area contributed by atoms with Crippen LogP contribution in [0.15, 0.2) is 0 Å². The summed E-state index contributed by atoms with van der Waals surface area (Å²) < 4.78 is 0. The molecule has 0 aromatic carbocycles. The zero-order valence-electron chi connectivity index (χ0n) is 10.9. The molecule has 0 bridgehead atoms. The Morgan fingerprint density at radius 2 is 1.88 bits per heavy atom. The molecule has 1 aliphatic heterocycles. The van der Waals surface area contributed by atoms with Crippen molar-refractivity contribution in [1.82, 2.24) is 10.6 Å². The monoisotopic (exact) mass is 226 g/mol. The predicted molar refractivity (Wildman–Crippen MR) is 67.3 cm³/mol. The van der Waals surface area contributed by atoms with Gasteiger partial charge in [-0.2, -0.15) is 0 Å². The molecule has 0 radical (unpaired) electrons. The van der Waals surface area contributed by atoms with Crippen LogP contribution in [-0.2, 0) is 4.79 Å². The standard InChI is InChI=1S/C13H26N2O/c1-4-13(3,5-2)15-12(16)10-11-6-8-14-9-7-11/h11,14H,4-10H2,1-3H3,(H,15,16). The fourth-order valence-electron chi connectivity index (χ4n) is 2.16. The molecule has 0 aromatic heterocycles. The van der Waals surface area contributed by atoms with Crippen LogP contribution in [-0.4, -0.2) is 24.5 Å². The predicted octanol–water partition coefficient (Wildman–Crippen LogP) is 2.07. The quantitative estimate of drug-likeness (QED) is 0.753. The Kier molecular flexibility index (Phi) is 5.26. The fourth-order valence-corrected chi connectivity index (χ4v) is 2.16. The van der Waals surface area contributed by atoms with E-state index in [0.717, 1.165) is 38.8 Å². The maximum Gasteiger partial charge on any atom is 0.220 e. The van der Waals surface area contributed by atoms with E-state index in [2.05, 4.69) is 31.4 Å². The van der Waals surface area contributed by atoms with Crippen molar-refractivity contribution in [3.05, 3.63) is 0 Å². The summed E-state index contributed by atoms with van der Waals surface area (Å²) in [6, 6.07) is 0. The highest BCUT2D eigenvalue weighted by atomic mass is 16.1. The third-order valence-corrected chi connectivity index (χ3v) is 3.93. The molecule has 0 aromatic rings. The summed E-state index contributed by atoms with van der Waals surface area (Å²) in [5, 5.41) is 6.51. The molecule has 1 fully saturated rings. The van der Waals surface area contributed by atoms with Gasteiger partial charge in [0.2, 0.25) is 5.91 Å². The Morgan fingerprint density at radius 1 is 1.31 bits per heavy atom. The number of piperidine rings is 1. The van der Waals surface area contributed by atoms with Gasteiger partial charge in [0, 0.05) is 12.0 Å². The van der Waals surface area contributed by atoms with E-state index < -0.39 is 0 Å². The van der Waals surface area contributed by atoms with Gasteiger partial charge in [-0.25, -0.2) is 0 Å². The van der Waals surface area contributed by atoms with E-state index in [0.29, 0.717) is 12.3 Å². The number of hydrogen-bond acceptors (Lipinski definition) is 2. The van der Waals surface area contributed by atoms with Gasteiger partial charge in [0.15, 0.2) is 0 Å². The normalized spacial score (nSPS) is 18.4. The van der Waals surface area contributed by atoms with E-state index in [-0.39, 0.29) is 11.4 Å². The molecule has 1 heterocycles. The SMILES string of the molecule is CCC(C)(CC)NC(=O)CC1CCNCC1. The second-order valence-electron chi connectivity index (χ2n) is 5.21. The van der Waals surface area contributed by atoms with Gasteiger partial charge in [-0.15, -0.1) is 0 Å². The third kappa shape index (κ3) is 4.12. The highest BCUT2D eigenvalue weighted by Crippen LogP contribution is 2.18. The van der Waals surface area contributed by atoms with E-state index in [1.807, 2.05) is 0 Å². The Morgan fingerprint density at radius 3 is 2.38 bits per heavy atom. The van der Waals surface area contributed by atoms with E-state index in [9.17, 15) is 4.79 Å². The van der Waals surface area contributed by atoms with Crippen LogP contribution in [0, 0.1) is 5.92 Å². The van der Waals surface area contributed by atoms with Gasteiger partial charge in [0.05, 0.1) is 0 Å². The Balaban J connectivity index is 2.34. The van der Waals surface area contributed by atoms with Crippen LogP contribution < -0.4 is 10.6 Å². The average molecular weight is 226 g/mol. The molecule has 16 heavy (non-hydrogen) atoms. The van der Waals surface area contributed by atoms with Crippen LogP contribution in [0.1, 0.15) is 52.9 Å². The van der Waals surface area contributed by atoms with Gasteiger partial charge in [-0.3, -0.25) is 4.79 Å². The fraction of sp³-hybridized carbons (Fsp3) is 0.923. The number of nitrogens with one attached hydrogen (secondary N) is 2. The van der Waals surface area contributed by atoms with Gasteiger partial charge in [-0.1, -0.05) is 13.8 Å². The number of hydrogen-bond donors (Lipinski definition) is 2. The molecular weight excluding hydrogens is 200 g/mol. The summed E-state index contributed by atoms with van der Waals surface area (Å²) in [6.45, 7) is 8.53. The molecule has 3 nitrogen and oxygen atoms in total. The maximum atomic E-state index is 11.9. The van der Waals surface area contributed by atoms with Gasteiger partial charge >= 0.3 is 0 Å². The molecule has 1 aliphatic rings. The van der Waals surface area contributed by atoms with E-state index in [1.54, 1.807) is 0 Å². The minimum Gasteiger partial charge on any atom is -0.351 e. The molecule has 0 aliphatic carbocycles. The molecule has 3 heteroatoms. The van der Waals surface area contributed by atoms with Crippen LogP contribution >= 0.6 is 0 Å². The first-order valence-electron chi connectivity index (χ1n) is 6.61. The van der Waals surface area contributed by atoms with Crippen LogP contribution in [0.5, 0.6) is 0 Å². The molecule has 1 amide bonds. The Hall–Kier alpha value is -0.570. The van der Waals surface area contributed by atoms with Gasteiger partial charge < -0.3 is 10.6 Å². The maximum absolute atomic E-state index is 11.9. The van der Waals surface area contributed by atoms with Crippen molar-refractivity contribution >= 4 is 5.91 Å². The lowest BCUT2D eigenvalue weighted by Gasteiger charge is -2.30. The summed E-state index contributed by atoms with van der Waals surface area (Å²) >= 11 is 0. The first-order valence-corrected chi connectivity index (χ1v) is 6.61. The first kappa shape index (κ1) is 13.5. The van der Waals surface area contributed by atoms with Crippen LogP contribution in [0.25, 0.3) is 0 Å². The first-order chi connectivity index (χ1) is 7.59. The molecule has 0 saturated carbocycles. The third-order valence-electron chi connectivity index (χ3n) is 3.93. The second kappa shape index (κ2) is 6.24. The van der Waals surface area contributed by atoms with Gasteiger partial charge in [0.1, 0.15) is 0 Å². The lowest BCUT2D eigenvalue weighted by Crippen LogP contribution is -2.45. The lowest BCUT2D eigenvalue weighted by atomic mass is 9.92. The summed E-state index contributed by atoms with van der Waals surface area (Å²) in [4.78, 5) is 11.9. The number of carbonyl (C=O) groups excluding carboxylic acids is 1. The van der Waals surface area contributed by atoms with Crippen molar-refractivity contribution in [3.8, 4) is 0 Å². The lowest BCUT2D eigenvalue weighted by molar-refractivity contribution is -0.124. The number of amides is 1. The van der Waals surface area contributed by atoms with Gasteiger partial charge in [-0.05, 0) is 51.6 Å². The topological polar surface area (TPSA) is 41.1 Å². The largest absolute Gasteiger partial charge is 0.351 e. The van der Waals surface area contributed by atoms with E-state index in [1.165, 1.54) is 0 Å². The molecule has 0 unspecified atom stereocenters. The molecule has 0 atom stereocenters. The van der Waals surface area contributed by atoms with Crippen molar-refractivity contribution in [2.75, 3.05) is 13.1 Å². The molecule has 0 spiro atoms. The molecule has 2 N–H and O–H groups in total. The molecule has 94 valence electrons. The summed E-state index contributed by atoms with van der Waals surface area (Å²) in [5.74, 6) is 0.817. The average Bonchev–Trinajstić information content (AvgIpc) is 2.30. The van der Waals surface area contributed by atoms with E-state index >= 15 is 0 Å². The number of carbonyl (C=O) groups is 1.